The highest BCUT2D eigenvalue weighted by Gasteiger charge is 2.24. The monoisotopic (exact) mass is 434 g/mol. The van der Waals surface area contributed by atoms with Crippen LogP contribution in [0.3, 0.4) is 0 Å². The molecule has 5 nitrogen and oxygen atoms in total. The highest BCUT2D eigenvalue weighted by molar-refractivity contribution is 6.30. The van der Waals surface area contributed by atoms with Crippen LogP contribution >= 0.6 is 11.6 Å². The molecule has 0 aromatic heterocycles. The lowest BCUT2D eigenvalue weighted by Gasteiger charge is -2.20. The van der Waals surface area contributed by atoms with E-state index in [0.717, 1.165) is 17.5 Å². The second kappa shape index (κ2) is 9.77. The van der Waals surface area contributed by atoms with Gasteiger partial charge in [-0.15, -0.1) is 0 Å². The van der Waals surface area contributed by atoms with Crippen LogP contribution in [0.25, 0.3) is 0 Å². The van der Waals surface area contributed by atoms with Gasteiger partial charge in [0.25, 0.3) is 11.8 Å². The van der Waals surface area contributed by atoms with E-state index in [-0.39, 0.29) is 17.9 Å². The Hall–Kier alpha value is -3.15. The number of anilines is 1. The largest absolute Gasteiger partial charge is 0.368 e. The predicted molar refractivity (Wildman–Crippen MR) is 121 cm³/mol. The Labute approximate surface area is 186 Å². The molecule has 0 spiro atoms. The summed E-state index contributed by atoms with van der Waals surface area (Å²) >= 11 is 6.04. The Kier molecular flexibility index (Phi) is 6.65. The van der Waals surface area contributed by atoms with Crippen molar-refractivity contribution in [1.29, 1.82) is 0 Å². The summed E-state index contributed by atoms with van der Waals surface area (Å²) in [6.07, 6.45) is 1.17. The van der Waals surface area contributed by atoms with Crippen LogP contribution in [0.4, 0.5) is 5.69 Å². The van der Waals surface area contributed by atoms with Crippen LogP contribution in [0.5, 0.6) is 0 Å². The quantitative estimate of drug-likeness (QED) is 0.575. The van der Waals surface area contributed by atoms with Gasteiger partial charge in [0.05, 0.1) is 6.04 Å². The molecule has 0 saturated carbocycles. The first-order valence-corrected chi connectivity index (χ1v) is 10.6. The van der Waals surface area contributed by atoms with Gasteiger partial charge in [-0.2, -0.15) is 0 Å². The fraction of sp³-hybridized carbons (Fsp3) is 0.200. The number of carbonyl (C=O) groups is 2. The van der Waals surface area contributed by atoms with Crippen molar-refractivity contribution in [2.24, 2.45) is 0 Å². The zero-order chi connectivity index (χ0) is 21.6. The molecule has 0 radical (unpaired) electrons. The number of carbonyl (C=O) groups excluding carboxylic acids is 2. The number of rotatable bonds is 6. The van der Waals surface area contributed by atoms with Crippen LogP contribution in [0.1, 0.15) is 40.4 Å². The average molecular weight is 435 g/mol. The van der Waals surface area contributed by atoms with E-state index >= 15 is 0 Å². The number of benzene rings is 3. The minimum absolute atomic E-state index is 0.182. The van der Waals surface area contributed by atoms with Gasteiger partial charge in [0, 0.05) is 22.9 Å². The van der Waals surface area contributed by atoms with Crippen LogP contribution in [-0.2, 0) is 9.53 Å². The molecule has 2 amide bonds. The van der Waals surface area contributed by atoms with Gasteiger partial charge in [-0.3, -0.25) is 9.59 Å². The van der Waals surface area contributed by atoms with Gasteiger partial charge >= 0.3 is 0 Å². The van der Waals surface area contributed by atoms with Crippen LogP contribution in [-0.4, -0.2) is 24.5 Å². The van der Waals surface area contributed by atoms with Crippen LogP contribution in [0.15, 0.2) is 78.9 Å². The molecule has 0 aliphatic carbocycles. The van der Waals surface area contributed by atoms with E-state index in [4.69, 9.17) is 16.3 Å². The van der Waals surface area contributed by atoms with Crippen molar-refractivity contribution in [2.45, 2.75) is 25.0 Å². The zero-order valence-corrected chi connectivity index (χ0v) is 17.6. The van der Waals surface area contributed by atoms with Crippen LogP contribution in [0, 0.1) is 0 Å². The van der Waals surface area contributed by atoms with Gasteiger partial charge in [-0.05, 0) is 54.3 Å². The second-order valence-corrected chi connectivity index (χ2v) is 7.88. The molecule has 2 N–H and O–H groups in total. The average Bonchev–Trinajstić information content (AvgIpc) is 3.34. The van der Waals surface area contributed by atoms with Gasteiger partial charge in [0.2, 0.25) is 0 Å². The summed E-state index contributed by atoms with van der Waals surface area (Å²) in [7, 11) is 0. The van der Waals surface area contributed by atoms with Crippen molar-refractivity contribution in [3.63, 3.8) is 0 Å². The Bertz CT molecular complexity index is 1050. The normalized spacial score (nSPS) is 16.5. The first kappa shape index (κ1) is 21.1. The summed E-state index contributed by atoms with van der Waals surface area (Å²) in [4.78, 5) is 25.4. The summed E-state index contributed by atoms with van der Waals surface area (Å²) in [6.45, 7) is 0.603. The van der Waals surface area contributed by atoms with E-state index in [1.54, 1.807) is 36.4 Å². The molecule has 1 aliphatic heterocycles. The summed E-state index contributed by atoms with van der Waals surface area (Å²) in [6, 6.07) is 23.7. The molecule has 6 heteroatoms. The van der Waals surface area contributed by atoms with Crippen molar-refractivity contribution in [1.82, 2.24) is 5.32 Å². The van der Waals surface area contributed by atoms with E-state index in [2.05, 4.69) is 10.6 Å². The molecule has 3 aromatic rings. The zero-order valence-electron chi connectivity index (χ0n) is 16.9. The fourth-order valence-electron chi connectivity index (χ4n) is 3.62. The molecule has 0 unspecified atom stereocenters. The number of hydrogen-bond acceptors (Lipinski definition) is 3. The number of nitrogens with one attached hydrogen (secondary N) is 2. The predicted octanol–water partition coefficient (Wildman–Crippen LogP) is 4.98. The van der Waals surface area contributed by atoms with Gasteiger partial charge in [0.1, 0.15) is 6.10 Å². The third-order valence-corrected chi connectivity index (χ3v) is 5.48. The van der Waals surface area contributed by atoms with Crippen molar-refractivity contribution < 1.29 is 14.3 Å². The number of halogens is 1. The topological polar surface area (TPSA) is 67.4 Å². The molecule has 3 aromatic carbocycles. The summed E-state index contributed by atoms with van der Waals surface area (Å²) in [5.41, 5.74) is 2.91. The maximum atomic E-state index is 13.1. The number of hydrogen-bond donors (Lipinski definition) is 2. The summed E-state index contributed by atoms with van der Waals surface area (Å²) < 4.78 is 5.42. The molecule has 4 rings (SSSR count). The van der Waals surface area contributed by atoms with Crippen molar-refractivity contribution in [3.8, 4) is 0 Å². The molecule has 1 saturated heterocycles. The van der Waals surface area contributed by atoms with Gasteiger partial charge in [-0.1, -0.05) is 60.1 Å². The molecule has 1 heterocycles. The molecular weight excluding hydrogens is 412 g/mol. The lowest BCUT2D eigenvalue weighted by Crippen LogP contribution is -2.30. The highest BCUT2D eigenvalue weighted by Crippen LogP contribution is 2.24. The molecule has 2 atom stereocenters. The minimum atomic E-state index is -0.426. The van der Waals surface area contributed by atoms with Crippen molar-refractivity contribution in [2.75, 3.05) is 11.9 Å². The van der Waals surface area contributed by atoms with E-state index in [1.165, 1.54) is 0 Å². The summed E-state index contributed by atoms with van der Waals surface area (Å²) in [5.74, 6) is -0.421. The smallest absolute Gasteiger partial charge is 0.253 e. The summed E-state index contributed by atoms with van der Waals surface area (Å²) in [5, 5.41) is 6.58. The minimum Gasteiger partial charge on any atom is -0.368 e. The molecule has 1 aliphatic rings. The van der Waals surface area contributed by atoms with Gasteiger partial charge < -0.3 is 15.4 Å². The van der Waals surface area contributed by atoms with Crippen LogP contribution in [0.2, 0.25) is 5.02 Å². The Morgan fingerprint density at radius 2 is 1.68 bits per heavy atom. The Balaban J connectivity index is 1.53. The first-order valence-electron chi connectivity index (χ1n) is 10.2. The van der Waals surface area contributed by atoms with E-state index < -0.39 is 6.10 Å². The van der Waals surface area contributed by atoms with Crippen molar-refractivity contribution in [3.05, 3.63) is 101 Å². The number of ether oxygens (including phenoxy) is 1. The third kappa shape index (κ3) is 5.32. The number of amides is 2. The highest BCUT2D eigenvalue weighted by atomic mass is 35.5. The maximum absolute atomic E-state index is 13.1. The lowest BCUT2D eigenvalue weighted by atomic mass is 9.98. The molecular formula is C25H23ClN2O3. The maximum Gasteiger partial charge on any atom is 0.253 e. The van der Waals surface area contributed by atoms with Gasteiger partial charge in [0.15, 0.2) is 0 Å². The Morgan fingerprint density at radius 1 is 0.935 bits per heavy atom. The van der Waals surface area contributed by atoms with Crippen molar-refractivity contribution >= 4 is 29.1 Å². The lowest BCUT2D eigenvalue weighted by molar-refractivity contribution is -0.124. The van der Waals surface area contributed by atoms with Crippen LogP contribution < -0.4 is 10.6 Å². The van der Waals surface area contributed by atoms with Gasteiger partial charge in [-0.25, -0.2) is 0 Å². The van der Waals surface area contributed by atoms with E-state index in [9.17, 15) is 9.59 Å². The standard InChI is InChI=1S/C25H23ClN2O3/c26-20-13-11-18(12-14-20)23(17-6-2-1-3-7-17)28-24(29)19-8-4-9-21(16-19)27-25(30)22-10-5-15-31-22/h1-4,6-9,11-14,16,22-23H,5,10,15H2,(H,27,30)(H,28,29)/t22-,23-/m1/s1. The molecule has 158 valence electrons. The SMILES string of the molecule is O=C(N[C@H](c1ccccc1)c1ccc(Cl)cc1)c1cccc(NC(=O)[C@H]2CCCO2)c1. The van der Waals surface area contributed by atoms with E-state index in [0.29, 0.717) is 29.3 Å². The molecule has 31 heavy (non-hydrogen) atoms. The second-order valence-electron chi connectivity index (χ2n) is 7.44. The Morgan fingerprint density at radius 3 is 2.39 bits per heavy atom. The molecule has 1 fully saturated rings. The third-order valence-electron chi connectivity index (χ3n) is 5.23. The van der Waals surface area contributed by atoms with E-state index in [1.807, 2.05) is 42.5 Å². The first-order chi connectivity index (χ1) is 15.1. The molecule has 0 bridgehead atoms. The fourth-order valence-corrected chi connectivity index (χ4v) is 3.75.